The van der Waals surface area contributed by atoms with E-state index in [-0.39, 0.29) is 23.7 Å². The largest absolute Gasteiger partial charge is 0.477 e. The summed E-state index contributed by atoms with van der Waals surface area (Å²) >= 11 is 0. The predicted octanol–water partition coefficient (Wildman–Crippen LogP) is 2.57. The molecule has 0 saturated carbocycles. The van der Waals surface area contributed by atoms with Gasteiger partial charge in [-0.3, -0.25) is 9.59 Å². The Morgan fingerprint density at radius 3 is 2.92 bits per heavy atom. The van der Waals surface area contributed by atoms with Gasteiger partial charge >= 0.3 is 0 Å². The third-order valence-corrected chi connectivity index (χ3v) is 3.91. The van der Waals surface area contributed by atoms with Gasteiger partial charge in [0.15, 0.2) is 6.61 Å². The highest BCUT2D eigenvalue weighted by Gasteiger charge is 2.10. The van der Waals surface area contributed by atoms with Crippen LogP contribution in [-0.2, 0) is 16.1 Å². The lowest BCUT2D eigenvalue weighted by atomic mass is 10.2. The molecule has 3 aromatic rings. The van der Waals surface area contributed by atoms with E-state index >= 15 is 0 Å². The normalized spacial score (nSPS) is 10.8. The number of hydrogen-bond acceptors (Lipinski definition) is 5. The first-order chi connectivity index (χ1) is 12.6. The van der Waals surface area contributed by atoms with Crippen molar-refractivity contribution in [2.24, 2.45) is 0 Å². The standard InChI is InChI=1S/C19H20N2O5/c1-13-10-17(22)18(11-25-13)26-12-19(23)20-15-4-3-5-16-14(15)6-7-21(16)8-9-24-2/h3-7,10-11H,8-9,12H2,1-2H3,(H,20,23). The molecular weight excluding hydrogens is 336 g/mol. The predicted molar refractivity (Wildman–Crippen MR) is 97.7 cm³/mol. The number of hydrogen-bond donors (Lipinski definition) is 1. The van der Waals surface area contributed by atoms with Gasteiger partial charge in [-0.05, 0) is 25.1 Å². The molecule has 0 aliphatic heterocycles. The number of carbonyl (C=O) groups excluding carboxylic acids is 1. The molecule has 26 heavy (non-hydrogen) atoms. The van der Waals surface area contributed by atoms with Crippen LogP contribution in [0.25, 0.3) is 10.9 Å². The minimum Gasteiger partial charge on any atom is -0.477 e. The number of aromatic nitrogens is 1. The molecule has 2 aromatic heterocycles. The Balaban J connectivity index is 1.69. The lowest BCUT2D eigenvalue weighted by Gasteiger charge is -2.09. The number of rotatable bonds is 7. The zero-order valence-corrected chi connectivity index (χ0v) is 14.7. The molecule has 1 N–H and O–H groups in total. The summed E-state index contributed by atoms with van der Waals surface area (Å²) in [7, 11) is 1.66. The van der Waals surface area contributed by atoms with Crippen molar-refractivity contribution in [2.45, 2.75) is 13.5 Å². The second kappa shape index (κ2) is 7.88. The third-order valence-electron chi connectivity index (χ3n) is 3.91. The van der Waals surface area contributed by atoms with Crippen LogP contribution in [-0.4, -0.2) is 30.8 Å². The summed E-state index contributed by atoms with van der Waals surface area (Å²) in [4.78, 5) is 23.9. The zero-order chi connectivity index (χ0) is 18.5. The smallest absolute Gasteiger partial charge is 0.262 e. The molecule has 2 heterocycles. The monoisotopic (exact) mass is 356 g/mol. The topological polar surface area (TPSA) is 82.7 Å². The number of nitrogens with zero attached hydrogens (tertiary/aromatic N) is 1. The quantitative estimate of drug-likeness (QED) is 0.703. The molecule has 0 radical (unpaired) electrons. The summed E-state index contributed by atoms with van der Waals surface area (Å²) < 4.78 is 17.5. The molecule has 0 aliphatic rings. The van der Waals surface area contributed by atoms with Crippen LogP contribution in [0.4, 0.5) is 5.69 Å². The van der Waals surface area contributed by atoms with Gasteiger partial charge in [-0.25, -0.2) is 0 Å². The molecule has 7 heteroatoms. The summed E-state index contributed by atoms with van der Waals surface area (Å²) in [5.74, 6) is 0.133. The summed E-state index contributed by atoms with van der Waals surface area (Å²) in [5, 5.41) is 3.74. The fourth-order valence-electron chi connectivity index (χ4n) is 2.65. The SMILES string of the molecule is COCCn1ccc2c(NC(=O)COc3coc(C)cc3=O)cccc21. The fourth-order valence-corrected chi connectivity index (χ4v) is 2.65. The van der Waals surface area contributed by atoms with E-state index in [0.717, 1.165) is 17.4 Å². The van der Waals surface area contributed by atoms with Gasteiger partial charge in [0.05, 0.1) is 17.8 Å². The Hall–Kier alpha value is -3.06. The number of benzene rings is 1. The second-order valence-electron chi connectivity index (χ2n) is 5.80. The average Bonchev–Trinajstić information content (AvgIpc) is 3.03. The zero-order valence-electron chi connectivity index (χ0n) is 14.7. The van der Waals surface area contributed by atoms with E-state index in [1.807, 2.05) is 30.5 Å². The van der Waals surface area contributed by atoms with Crippen molar-refractivity contribution in [1.29, 1.82) is 0 Å². The number of anilines is 1. The van der Waals surface area contributed by atoms with Crippen LogP contribution in [0.15, 0.2) is 52.0 Å². The van der Waals surface area contributed by atoms with Crippen LogP contribution in [0.2, 0.25) is 0 Å². The van der Waals surface area contributed by atoms with Crippen LogP contribution >= 0.6 is 0 Å². The van der Waals surface area contributed by atoms with E-state index in [1.54, 1.807) is 14.0 Å². The Bertz CT molecular complexity index is 973. The summed E-state index contributed by atoms with van der Waals surface area (Å²) in [6.07, 6.45) is 3.16. The first kappa shape index (κ1) is 17.8. The van der Waals surface area contributed by atoms with Gasteiger partial charge in [0, 0.05) is 31.3 Å². The number of ether oxygens (including phenoxy) is 2. The van der Waals surface area contributed by atoms with Crippen LogP contribution < -0.4 is 15.5 Å². The second-order valence-corrected chi connectivity index (χ2v) is 5.80. The van der Waals surface area contributed by atoms with Gasteiger partial charge in [-0.1, -0.05) is 6.07 Å². The molecule has 0 fully saturated rings. The molecule has 0 bridgehead atoms. The van der Waals surface area contributed by atoms with Crippen LogP contribution in [0, 0.1) is 6.92 Å². The molecule has 7 nitrogen and oxygen atoms in total. The third kappa shape index (κ3) is 3.94. The van der Waals surface area contributed by atoms with Crippen LogP contribution in [0.1, 0.15) is 5.76 Å². The molecular formula is C19H20N2O5. The van der Waals surface area contributed by atoms with Gasteiger partial charge in [0.2, 0.25) is 11.2 Å². The number of aryl methyl sites for hydroxylation is 1. The molecule has 0 spiro atoms. The van der Waals surface area contributed by atoms with Crippen molar-refractivity contribution < 1.29 is 18.7 Å². The van der Waals surface area contributed by atoms with E-state index in [9.17, 15) is 9.59 Å². The first-order valence-corrected chi connectivity index (χ1v) is 8.17. The van der Waals surface area contributed by atoms with Crippen LogP contribution in [0.3, 0.4) is 0 Å². The molecule has 136 valence electrons. The maximum atomic E-state index is 12.2. The molecule has 0 unspecified atom stereocenters. The Morgan fingerprint density at radius 2 is 2.15 bits per heavy atom. The fraction of sp³-hybridized carbons (Fsp3) is 0.263. The van der Waals surface area contributed by atoms with Gasteiger partial charge < -0.3 is 23.8 Å². The highest BCUT2D eigenvalue weighted by atomic mass is 16.5. The summed E-state index contributed by atoms with van der Waals surface area (Å²) in [5.41, 5.74) is 1.36. The molecule has 1 amide bonds. The Morgan fingerprint density at radius 1 is 1.31 bits per heavy atom. The number of amides is 1. The van der Waals surface area contributed by atoms with Crippen molar-refractivity contribution in [3.8, 4) is 5.75 Å². The van der Waals surface area contributed by atoms with Crippen molar-refractivity contribution in [2.75, 3.05) is 25.6 Å². The lowest BCUT2D eigenvalue weighted by molar-refractivity contribution is -0.118. The maximum absolute atomic E-state index is 12.2. The highest BCUT2D eigenvalue weighted by Crippen LogP contribution is 2.24. The number of fused-ring (bicyclic) bond motifs is 1. The molecule has 0 saturated heterocycles. The first-order valence-electron chi connectivity index (χ1n) is 8.17. The van der Waals surface area contributed by atoms with E-state index in [2.05, 4.69) is 9.88 Å². The van der Waals surface area contributed by atoms with Gasteiger partial charge in [0.25, 0.3) is 5.91 Å². The van der Waals surface area contributed by atoms with Crippen molar-refractivity contribution in [1.82, 2.24) is 4.57 Å². The van der Waals surface area contributed by atoms with Gasteiger partial charge in [-0.2, -0.15) is 0 Å². The van der Waals surface area contributed by atoms with E-state index in [1.165, 1.54) is 12.3 Å². The van der Waals surface area contributed by atoms with Gasteiger partial charge in [0.1, 0.15) is 12.0 Å². The van der Waals surface area contributed by atoms with E-state index in [0.29, 0.717) is 18.1 Å². The summed E-state index contributed by atoms with van der Waals surface area (Å²) in [6, 6.07) is 8.93. The molecule has 1 aromatic carbocycles. The molecule has 3 rings (SSSR count). The number of methoxy groups -OCH3 is 1. The number of nitrogens with one attached hydrogen (secondary N) is 1. The van der Waals surface area contributed by atoms with E-state index in [4.69, 9.17) is 13.9 Å². The molecule has 0 atom stereocenters. The lowest BCUT2D eigenvalue weighted by Crippen LogP contribution is -2.22. The van der Waals surface area contributed by atoms with E-state index < -0.39 is 0 Å². The highest BCUT2D eigenvalue weighted by molar-refractivity contribution is 6.01. The van der Waals surface area contributed by atoms with Crippen molar-refractivity contribution in [3.05, 3.63) is 58.8 Å². The minimum atomic E-state index is -0.359. The average molecular weight is 356 g/mol. The Labute approximate surface area is 150 Å². The van der Waals surface area contributed by atoms with Crippen LogP contribution in [0.5, 0.6) is 5.75 Å². The minimum absolute atomic E-state index is 0.00896. The van der Waals surface area contributed by atoms with Gasteiger partial charge in [-0.15, -0.1) is 0 Å². The maximum Gasteiger partial charge on any atom is 0.262 e. The molecule has 0 aliphatic carbocycles. The van der Waals surface area contributed by atoms with Crippen molar-refractivity contribution in [3.63, 3.8) is 0 Å². The Kier molecular flexibility index (Phi) is 5.38. The number of carbonyl (C=O) groups is 1. The van der Waals surface area contributed by atoms with Crippen molar-refractivity contribution >= 4 is 22.5 Å². The summed E-state index contributed by atoms with van der Waals surface area (Å²) in [6.45, 7) is 2.71.